The van der Waals surface area contributed by atoms with Crippen LogP contribution in [0.2, 0.25) is 0 Å². The number of carbonyl (C=O) groups is 1. The number of amides is 1. The number of rotatable bonds is 6. The van der Waals surface area contributed by atoms with E-state index in [1.165, 1.54) is 12.1 Å². The number of nitrogens with one attached hydrogen (secondary N) is 1. The van der Waals surface area contributed by atoms with E-state index in [2.05, 4.69) is 5.32 Å². The van der Waals surface area contributed by atoms with Gasteiger partial charge in [0.1, 0.15) is 23.4 Å². The fourth-order valence-corrected chi connectivity index (χ4v) is 3.29. The Morgan fingerprint density at radius 1 is 1.14 bits per heavy atom. The van der Waals surface area contributed by atoms with Crippen molar-refractivity contribution in [3.63, 3.8) is 0 Å². The first-order valence-corrected chi connectivity index (χ1v) is 9.12. The second-order valence-electron chi connectivity index (χ2n) is 6.66. The van der Waals surface area contributed by atoms with Crippen molar-refractivity contribution in [3.05, 3.63) is 89.9 Å². The Hall–Kier alpha value is -3.41. The van der Waals surface area contributed by atoms with Crippen LogP contribution in [0.25, 0.3) is 11.0 Å². The first-order chi connectivity index (χ1) is 13.6. The summed E-state index contributed by atoms with van der Waals surface area (Å²) in [6.07, 6.45) is 2.08. The molecule has 0 spiro atoms. The van der Waals surface area contributed by atoms with E-state index in [1.54, 1.807) is 24.5 Å². The van der Waals surface area contributed by atoms with Crippen LogP contribution in [-0.4, -0.2) is 15.5 Å². The molecule has 0 radical (unpaired) electrons. The van der Waals surface area contributed by atoms with E-state index in [0.717, 1.165) is 22.4 Å². The Kier molecular flexibility index (Phi) is 4.93. The third kappa shape index (κ3) is 3.67. The predicted molar refractivity (Wildman–Crippen MR) is 104 cm³/mol. The van der Waals surface area contributed by atoms with Crippen LogP contribution in [0.15, 0.2) is 71.3 Å². The molecule has 0 fully saturated rings. The van der Waals surface area contributed by atoms with E-state index >= 15 is 0 Å². The highest BCUT2D eigenvalue weighted by atomic mass is 19.1. The molecule has 1 amide bonds. The molecule has 4 rings (SSSR count). The van der Waals surface area contributed by atoms with Crippen molar-refractivity contribution in [3.8, 4) is 0 Å². The molecule has 1 atom stereocenters. The van der Waals surface area contributed by atoms with Gasteiger partial charge in [0.2, 0.25) is 5.91 Å². The first kappa shape index (κ1) is 18.0. The summed E-state index contributed by atoms with van der Waals surface area (Å²) >= 11 is 0. The molecule has 0 bridgehead atoms. The summed E-state index contributed by atoms with van der Waals surface area (Å²) < 4.78 is 20.4. The van der Waals surface area contributed by atoms with Crippen LogP contribution in [0.1, 0.15) is 30.1 Å². The van der Waals surface area contributed by atoms with Crippen molar-refractivity contribution < 1.29 is 13.6 Å². The first-order valence-electron chi connectivity index (χ1n) is 9.12. The highest BCUT2D eigenvalue weighted by Crippen LogP contribution is 2.23. The van der Waals surface area contributed by atoms with Crippen molar-refractivity contribution in [2.45, 2.75) is 25.9 Å². The Morgan fingerprint density at radius 2 is 1.93 bits per heavy atom. The Labute approximate surface area is 161 Å². The highest BCUT2D eigenvalue weighted by Gasteiger charge is 2.21. The summed E-state index contributed by atoms with van der Waals surface area (Å²) in [6, 6.07) is 17.2. The minimum atomic E-state index is -0.460. The number of hydrogen-bond acceptors (Lipinski definition) is 3. The number of benzene rings is 2. The molecule has 142 valence electrons. The lowest BCUT2D eigenvalue weighted by atomic mass is 10.1. The zero-order valence-electron chi connectivity index (χ0n) is 15.4. The van der Waals surface area contributed by atoms with Gasteiger partial charge in [0, 0.05) is 6.42 Å². The highest BCUT2D eigenvalue weighted by molar-refractivity contribution is 5.84. The number of hydrogen-bond donors (Lipinski definition) is 1. The molecule has 1 unspecified atom stereocenters. The van der Waals surface area contributed by atoms with E-state index in [9.17, 15) is 9.18 Å². The smallest absolute Gasteiger partial charge is 0.243 e. The SMILES string of the molecule is CC(C(=O)NCc1ccco1)n1c(Cc2ccc(F)cc2)nc2ccccc21. The standard InChI is InChI=1S/C22H20FN3O2/c1-15(22(27)24-14-18-5-4-12-28-18)26-20-7-3-2-6-19(20)25-21(26)13-16-8-10-17(23)11-9-16/h2-12,15H,13-14H2,1H3,(H,24,27). The lowest BCUT2D eigenvalue weighted by Crippen LogP contribution is -2.31. The van der Waals surface area contributed by atoms with Gasteiger partial charge < -0.3 is 14.3 Å². The maximum absolute atomic E-state index is 13.2. The zero-order valence-corrected chi connectivity index (χ0v) is 15.4. The number of halogens is 1. The van der Waals surface area contributed by atoms with Crippen LogP contribution in [-0.2, 0) is 17.8 Å². The third-order valence-corrected chi connectivity index (χ3v) is 4.73. The summed E-state index contributed by atoms with van der Waals surface area (Å²) in [7, 11) is 0. The van der Waals surface area contributed by atoms with Crippen LogP contribution < -0.4 is 5.32 Å². The number of fused-ring (bicyclic) bond motifs is 1. The fraction of sp³-hybridized carbons (Fsp3) is 0.182. The summed E-state index contributed by atoms with van der Waals surface area (Å²) in [5.74, 6) is 1.05. The van der Waals surface area contributed by atoms with Gasteiger partial charge in [0.05, 0.1) is 23.8 Å². The quantitative estimate of drug-likeness (QED) is 0.547. The Bertz CT molecular complexity index is 1080. The van der Waals surface area contributed by atoms with Crippen LogP contribution in [0.3, 0.4) is 0 Å². The monoisotopic (exact) mass is 377 g/mol. The molecule has 0 saturated heterocycles. The fourth-order valence-electron chi connectivity index (χ4n) is 3.29. The van der Waals surface area contributed by atoms with E-state index in [4.69, 9.17) is 9.40 Å². The summed E-state index contributed by atoms with van der Waals surface area (Å²) in [5.41, 5.74) is 2.65. The third-order valence-electron chi connectivity index (χ3n) is 4.73. The Balaban J connectivity index is 1.63. The molecular formula is C22H20FN3O2. The average molecular weight is 377 g/mol. The molecule has 0 aliphatic rings. The second kappa shape index (κ2) is 7.68. The lowest BCUT2D eigenvalue weighted by Gasteiger charge is -2.17. The van der Waals surface area contributed by atoms with Gasteiger partial charge >= 0.3 is 0 Å². The van der Waals surface area contributed by atoms with Gasteiger partial charge in [-0.15, -0.1) is 0 Å². The van der Waals surface area contributed by atoms with Crippen molar-refractivity contribution in [1.82, 2.24) is 14.9 Å². The van der Waals surface area contributed by atoms with Crippen LogP contribution >= 0.6 is 0 Å². The van der Waals surface area contributed by atoms with Crippen LogP contribution in [0.5, 0.6) is 0 Å². The van der Waals surface area contributed by atoms with Gasteiger partial charge in [0.15, 0.2) is 0 Å². The number of furan rings is 1. The second-order valence-corrected chi connectivity index (χ2v) is 6.66. The Morgan fingerprint density at radius 3 is 2.68 bits per heavy atom. The van der Waals surface area contributed by atoms with Crippen molar-refractivity contribution >= 4 is 16.9 Å². The van der Waals surface area contributed by atoms with Crippen molar-refractivity contribution in [2.24, 2.45) is 0 Å². The molecule has 0 aliphatic heterocycles. The lowest BCUT2D eigenvalue weighted by molar-refractivity contribution is -0.124. The molecule has 2 aromatic heterocycles. The van der Waals surface area contributed by atoms with Gasteiger partial charge in [-0.2, -0.15) is 0 Å². The minimum Gasteiger partial charge on any atom is -0.467 e. The summed E-state index contributed by atoms with van der Waals surface area (Å²) in [6.45, 7) is 2.18. The van der Waals surface area contributed by atoms with E-state index in [0.29, 0.717) is 18.7 Å². The number of aromatic nitrogens is 2. The molecule has 4 aromatic rings. The molecular weight excluding hydrogens is 357 g/mol. The number of carbonyl (C=O) groups excluding carboxylic acids is 1. The molecule has 2 aromatic carbocycles. The minimum absolute atomic E-state index is 0.125. The van der Waals surface area contributed by atoms with Crippen LogP contribution in [0, 0.1) is 5.82 Å². The largest absolute Gasteiger partial charge is 0.467 e. The molecule has 1 N–H and O–H groups in total. The summed E-state index contributed by atoms with van der Waals surface area (Å²) in [4.78, 5) is 17.5. The zero-order chi connectivity index (χ0) is 19.5. The number of para-hydroxylation sites is 2. The molecule has 2 heterocycles. The summed E-state index contributed by atoms with van der Waals surface area (Å²) in [5, 5.41) is 2.91. The maximum Gasteiger partial charge on any atom is 0.243 e. The average Bonchev–Trinajstić information content (AvgIpc) is 3.34. The van der Waals surface area contributed by atoms with E-state index in [1.807, 2.05) is 41.8 Å². The normalized spacial score (nSPS) is 12.2. The van der Waals surface area contributed by atoms with Gasteiger partial charge in [0.25, 0.3) is 0 Å². The number of imidazole rings is 1. The predicted octanol–water partition coefficient (Wildman–Crippen LogP) is 4.24. The van der Waals surface area contributed by atoms with E-state index < -0.39 is 6.04 Å². The molecule has 0 aliphatic carbocycles. The number of nitrogens with zero attached hydrogens (tertiary/aromatic N) is 2. The van der Waals surface area contributed by atoms with Gasteiger partial charge in [-0.3, -0.25) is 4.79 Å². The molecule has 28 heavy (non-hydrogen) atoms. The van der Waals surface area contributed by atoms with Gasteiger partial charge in [-0.05, 0) is 48.9 Å². The maximum atomic E-state index is 13.2. The molecule has 0 saturated carbocycles. The molecule has 6 heteroatoms. The van der Waals surface area contributed by atoms with Gasteiger partial charge in [-0.25, -0.2) is 9.37 Å². The molecule has 5 nitrogen and oxygen atoms in total. The topological polar surface area (TPSA) is 60.1 Å². The van der Waals surface area contributed by atoms with E-state index in [-0.39, 0.29) is 11.7 Å². The van der Waals surface area contributed by atoms with Gasteiger partial charge in [-0.1, -0.05) is 24.3 Å². The van der Waals surface area contributed by atoms with Crippen molar-refractivity contribution in [1.29, 1.82) is 0 Å². The van der Waals surface area contributed by atoms with Crippen LogP contribution in [0.4, 0.5) is 4.39 Å². The van der Waals surface area contributed by atoms with Crippen molar-refractivity contribution in [2.75, 3.05) is 0 Å².